The number of carbonyl (C=O) groups excluding carboxylic acids is 13. The molecule has 0 aromatic carbocycles. The van der Waals surface area contributed by atoms with E-state index < -0.39 is 116 Å². The van der Waals surface area contributed by atoms with Gasteiger partial charge in [-0.2, -0.15) is 0 Å². The normalized spacial score (nSPS) is 14.2. The van der Waals surface area contributed by atoms with Crippen molar-refractivity contribution in [3.05, 3.63) is 12.2 Å². The van der Waals surface area contributed by atoms with Gasteiger partial charge in [-0.15, -0.1) is 15.2 Å². The van der Waals surface area contributed by atoms with Crippen molar-refractivity contribution in [2.75, 3.05) is 370 Å². The molecule has 2 N–H and O–H groups in total. The molecule has 4 rings (SSSR count). The molecule has 49 heteroatoms. The number of nitrogens with one attached hydrogen (secondary N) is 2. The van der Waals surface area contributed by atoms with Gasteiger partial charge in [-0.05, 0) is 0 Å². The highest BCUT2D eigenvalue weighted by atomic mass is 16.7. The molecule has 0 saturated carbocycles. The summed E-state index contributed by atoms with van der Waals surface area (Å²) in [6.07, 6.45) is 0.0686. The van der Waals surface area contributed by atoms with Crippen LogP contribution in [0.15, 0.2) is 12.2 Å². The molecule has 0 aromatic heterocycles. The van der Waals surface area contributed by atoms with Gasteiger partial charge in [0.25, 0.3) is 47.3 Å². The molecule has 3 fully saturated rings. The second-order valence-corrected chi connectivity index (χ2v) is 28.1. The maximum absolute atomic E-state index is 13.5. The van der Waals surface area contributed by atoms with E-state index in [1.54, 1.807) is 0 Å². The van der Waals surface area contributed by atoms with Gasteiger partial charge in [-0.1, -0.05) is 0 Å². The topological polar surface area (TPSA) is 536 Å². The number of nitrogens with zero attached hydrogens (tertiary/aromatic N) is 4. The number of ether oxygens (including phenoxy) is 27. The van der Waals surface area contributed by atoms with Crippen LogP contribution in [-0.2, 0) is 205 Å². The van der Waals surface area contributed by atoms with Crippen LogP contribution in [0.25, 0.3) is 0 Å². The van der Waals surface area contributed by atoms with Crippen molar-refractivity contribution in [2.45, 2.75) is 76.2 Å². The van der Waals surface area contributed by atoms with E-state index in [1.807, 2.05) is 0 Å². The highest BCUT2D eigenvalue weighted by molar-refractivity contribution is 6.13. The van der Waals surface area contributed by atoms with Crippen LogP contribution in [-0.4, -0.2) is 472 Å². The maximum atomic E-state index is 13.5. The standard InChI is InChI=1S/C83H138N6O43/c90-70(9-15-86-72(92)1-2-73(86)93)84-14-20-104-22-24-106-26-28-108-30-32-110-34-36-112-38-40-114-42-44-116-46-48-118-50-52-120-54-56-122-58-60-124-62-64-126-66-65-125-63-61-123-59-57-121-55-53-119-51-49-117-47-45-115-43-41-113-39-37-111-35-33-109-31-29-107-27-25-105-23-21-103-16-10-71(91)85-83(67-127-17-11-80(100)130-87-74(94)3-4-75(87)95,68-128-18-12-81(101)131-88-76(96)5-6-77(88)97)69-129-19-13-82(102)132-89-78(98)7-8-79(89)99/h1-2H,3-69H2,(H,84,90)(H,85,91). The fraction of sp³-hybridized carbons (Fsp3) is 0.819. The third-order valence-electron chi connectivity index (χ3n) is 17.5. The Morgan fingerprint density at radius 1 is 0.227 bits per heavy atom. The number of carbonyl (C=O) groups is 13. The van der Waals surface area contributed by atoms with Crippen LogP contribution < -0.4 is 10.6 Å². The second-order valence-electron chi connectivity index (χ2n) is 28.1. The molecule has 10 amide bonds. The van der Waals surface area contributed by atoms with Gasteiger partial charge in [0.15, 0.2) is 0 Å². The van der Waals surface area contributed by atoms with E-state index in [2.05, 4.69) is 10.6 Å². The molecular formula is C83H138N6O43. The first kappa shape index (κ1) is 117. The quantitative estimate of drug-likeness (QED) is 0.0456. The van der Waals surface area contributed by atoms with Crippen molar-refractivity contribution in [1.82, 2.24) is 30.7 Å². The highest BCUT2D eigenvalue weighted by Gasteiger charge is 2.38. The Morgan fingerprint density at radius 3 is 0.614 bits per heavy atom. The average molecular weight is 1910 g/mol. The second kappa shape index (κ2) is 81.9. The molecular weight excluding hydrogens is 1770 g/mol. The predicted molar refractivity (Wildman–Crippen MR) is 446 cm³/mol. The Hall–Kier alpha value is -7.43. The SMILES string of the molecule is O=C(CCN1C(=O)C=CC1=O)NCCOCCOCCOCCOCCOCCOCCOCCOCCOCCOCCOCCOCCOCCOCCOCCOCCOCCOCCOCCOCCOCCOCCOCCOCCC(=O)NC(COCCC(=O)ON1C(=O)CCC1=O)(COCCC(=O)ON1C(=O)CCC1=O)COCCC(=O)ON1C(=O)CCC1=O. The van der Waals surface area contributed by atoms with Crippen LogP contribution in [0.1, 0.15) is 70.6 Å². The lowest BCUT2D eigenvalue weighted by atomic mass is 10.0. The fourth-order valence-corrected chi connectivity index (χ4v) is 10.8. The Balaban J connectivity index is 0.795. The monoisotopic (exact) mass is 1910 g/mol. The van der Waals surface area contributed by atoms with Crippen molar-refractivity contribution in [3.8, 4) is 0 Å². The average Bonchev–Trinajstić information content (AvgIpc) is 1.69. The van der Waals surface area contributed by atoms with Crippen LogP contribution in [0.3, 0.4) is 0 Å². The van der Waals surface area contributed by atoms with E-state index in [0.717, 1.165) is 4.90 Å². The summed E-state index contributed by atoms with van der Waals surface area (Å²) in [4.78, 5) is 174. The zero-order valence-corrected chi connectivity index (χ0v) is 75.9. The van der Waals surface area contributed by atoms with Crippen LogP contribution in [0.4, 0.5) is 0 Å². The number of rotatable bonds is 97. The summed E-state index contributed by atoms with van der Waals surface area (Å²) < 4.78 is 150. The van der Waals surface area contributed by atoms with Gasteiger partial charge in [-0.25, -0.2) is 14.4 Å². The number of amides is 10. The number of imide groups is 4. The summed E-state index contributed by atoms with van der Waals surface area (Å²) >= 11 is 0. The predicted octanol–water partition coefficient (Wildman–Crippen LogP) is -2.90. The first-order chi connectivity index (χ1) is 64.6. The third kappa shape index (κ3) is 63.7. The molecule has 0 radical (unpaired) electrons. The van der Waals surface area contributed by atoms with E-state index in [-0.39, 0.29) is 117 Å². The van der Waals surface area contributed by atoms with Gasteiger partial charge < -0.3 is 153 Å². The van der Waals surface area contributed by atoms with Crippen molar-refractivity contribution < 1.29 is 205 Å². The fourth-order valence-electron chi connectivity index (χ4n) is 10.8. The van der Waals surface area contributed by atoms with Crippen molar-refractivity contribution >= 4 is 77.0 Å². The highest BCUT2D eigenvalue weighted by Crippen LogP contribution is 2.18. The summed E-state index contributed by atoms with van der Waals surface area (Å²) in [6, 6.07) is 0. The van der Waals surface area contributed by atoms with Gasteiger partial charge in [0.05, 0.1) is 376 Å². The lowest BCUT2D eigenvalue weighted by Gasteiger charge is -2.34. The molecule has 0 atom stereocenters. The molecule has 758 valence electrons. The van der Waals surface area contributed by atoms with E-state index in [0.29, 0.717) is 306 Å². The minimum atomic E-state index is -1.64. The van der Waals surface area contributed by atoms with Gasteiger partial charge in [0.2, 0.25) is 11.8 Å². The zero-order valence-electron chi connectivity index (χ0n) is 75.9. The molecule has 49 nitrogen and oxygen atoms in total. The van der Waals surface area contributed by atoms with Crippen molar-refractivity contribution in [3.63, 3.8) is 0 Å². The van der Waals surface area contributed by atoms with Crippen LogP contribution in [0, 0.1) is 0 Å². The van der Waals surface area contributed by atoms with Crippen LogP contribution in [0.5, 0.6) is 0 Å². The van der Waals surface area contributed by atoms with Gasteiger partial charge >= 0.3 is 17.9 Å². The van der Waals surface area contributed by atoms with E-state index in [1.165, 1.54) is 12.2 Å². The molecule has 0 aromatic rings. The molecule has 0 aliphatic carbocycles. The lowest BCUT2D eigenvalue weighted by molar-refractivity contribution is -0.198. The van der Waals surface area contributed by atoms with Gasteiger partial charge in [-0.3, -0.25) is 52.8 Å². The van der Waals surface area contributed by atoms with Gasteiger partial charge in [0, 0.05) is 76.6 Å². The molecule has 132 heavy (non-hydrogen) atoms. The van der Waals surface area contributed by atoms with E-state index >= 15 is 0 Å². The molecule has 0 unspecified atom stereocenters. The zero-order chi connectivity index (χ0) is 94.7. The Labute approximate surface area is 767 Å². The number of hydrogen-bond donors (Lipinski definition) is 2. The lowest BCUT2D eigenvalue weighted by Crippen LogP contribution is -2.59. The molecule has 0 spiro atoms. The summed E-state index contributed by atoms with van der Waals surface area (Å²) in [6.45, 7) is 16.8. The Kier molecular flexibility index (Phi) is 72.5. The summed E-state index contributed by atoms with van der Waals surface area (Å²) in [5.74, 6) is -8.79. The Bertz CT molecular complexity index is 2940. The summed E-state index contributed by atoms with van der Waals surface area (Å²) in [7, 11) is 0. The first-order valence-electron chi connectivity index (χ1n) is 44.5. The molecule has 0 bridgehead atoms. The van der Waals surface area contributed by atoms with Crippen molar-refractivity contribution in [2.24, 2.45) is 0 Å². The van der Waals surface area contributed by atoms with Crippen LogP contribution in [0.2, 0.25) is 0 Å². The minimum Gasteiger partial charge on any atom is -0.379 e. The largest absolute Gasteiger partial charge is 0.379 e. The first-order valence-corrected chi connectivity index (χ1v) is 44.5. The minimum absolute atomic E-state index is 0.0356. The molecule has 4 heterocycles. The molecule has 3 saturated heterocycles. The molecule has 4 aliphatic heterocycles. The van der Waals surface area contributed by atoms with Crippen molar-refractivity contribution in [1.29, 1.82) is 0 Å². The Morgan fingerprint density at radius 2 is 0.409 bits per heavy atom. The smallest absolute Gasteiger partial charge is 0.335 e. The number of hydroxylamine groups is 6. The van der Waals surface area contributed by atoms with Crippen LogP contribution >= 0.6 is 0 Å². The van der Waals surface area contributed by atoms with E-state index in [9.17, 15) is 62.3 Å². The van der Waals surface area contributed by atoms with E-state index in [4.69, 9.17) is 142 Å². The van der Waals surface area contributed by atoms with Gasteiger partial charge in [0.1, 0.15) is 5.54 Å². The summed E-state index contributed by atoms with van der Waals surface area (Å²) in [5.41, 5.74) is -1.64. The number of hydrogen-bond acceptors (Lipinski definition) is 43. The summed E-state index contributed by atoms with van der Waals surface area (Å²) in [5, 5.41) is 6.56. The third-order valence-corrected chi connectivity index (χ3v) is 17.5. The maximum Gasteiger partial charge on any atom is 0.335 e. The molecule has 4 aliphatic rings.